The SMILES string of the molecule is CC[C@@H](C(=O)NC(C)C)N(Cc1ccc(OC)cc1)C(=O)COc1cccc2ccccc12. The predicted octanol–water partition coefficient (Wildman–Crippen LogP) is 4.56. The molecule has 33 heavy (non-hydrogen) atoms. The van der Waals surface area contributed by atoms with Gasteiger partial charge in [0.25, 0.3) is 5.91 Å². The molecular weight excluding hydrogens is 416 g/mol. The zero-order valence-electron chi connectivity index (χ0n) is 19.7. The van der Waals surface area contributed by atoms with Crippen molar-refractivity contribution in [2.75, 3.05) is 13.7 Å². The van der Waals surface area contributed by atoms with Crippen LogP contribution in [0, 0.1) is 0 Å². The molecule has 6 heteroatoms. The Morgan fingerprint density at radius 1 is 0.970 bits per heavy atom. The van der Waals surface area contributed by atoms with Gasteiger partial charge in [0.1, 0.15) is 17.5 Å². The summed E-state index contributed by atoms with van der Waals surface area (Å²) < 4.78 is 11.2. The van der Waals surface area contributed by atoms with Crippen LogP contribution in [-0.4, -0.2) is 42.5 Å². The Morgan fingerprint density at radius 2 is 1.67 bits per heavy atom. The van der Waals surface area contributed by atoms with Crippen LogP contribution < -0.4 is 14.8 Å². The average Bonchev–Trinajstić information content (AvgIpc) is 2.82. The van der Waals surface area contributed by atoms with E-state index in [0.29, 0.717) is 18.7 Å². The third-order valence-corrected chi connectivity index (χ3v) is 5.43. The summed E-state index contributed by atoms with van der Waals surface area (Å²) in [6.07, 6.45) is 0.495. The molecule has 1 atom stereocenters. The van der Waals surface area contributed by atoms with Crippen molar-refractivity contribution in [2.45, 2.75) is 45.8 Å². The van der Waals surface area contributed by atoms with Crippen LogP contribution in [0.5, 0.6) is 11.5 Å². The highest BCUT2D eigenvalue weighted by Crippen LogP contribution is 2.25. The molecule has 3 aromatic carbocycles. The van der Waals surface area contributed by atoms with Gasteiger partial charge in [-0.1, -0.05) is 55.5 Å². The van der Waals surface area contributed by atoms with Crippen molar-refractivity contribution in [2.24, 2.45) is 0 Å². The van der Waals surface area contributed by atoms with Crippen molar-refractivity contribution >= 4 is 22.6 Å². The summed E-state index contributed by atoms with van der Waals surface area (Å²) in [5, 5.41) is 4.92. The molecule has 0 unspecified atom stereocenters. The minimum atomic E-state index is -0.599. The molecule has 174 valence electrons. The van der Waals surface area contributed by atoms with Crippen LogP contribution in [0.2, 0.25) is 0 Å². The van der Waals surface area contributed by atoms with Crippen LogP contribution in [-0.2, 0) is 16.1 Å². The Balaban J connectivity index is 1.82. The Morgan fingerprint density at radius 3 is 2.33 bits per heavy atom. The monoisotopic (exact) mass is 448 g/mol. The minimum absolute atomic E-state index is 0.0172. The Hall–Kier alpha value is -3.54. The van der Waals surface area contributed by atoms with Gasteiger partial charge in [-0.3, -0.25) is 9.59 Å². The third-order valence-electron chi connectivity index (χ3n) is 5.43. The first-order chi connectivity index (χ1) is 15.9. The average molecular weight is 449 g/mol. The molecule has 0 fully saturated rings. The van der Waals surface area contributed by atoms with E-state index in [9.17, 15) is 9.59 Å². The summed E-state index contributed by atoms with van der Waals surface area (Å²) in [5.74, 6) is 0.968. The van der Waals surface area contributed by atoms with Gasteiger partial charge >= 0.3 is 0 Å². The van der Waals surface area contributed by atoms with E-state index in [-0.39, 0.29) is 24.5 Å². The number of carbonyl (C=O) groups excluding carboxylic acids is 2. The number of hydrogen-bond donors (Lipinski definition) is 1. The normalized spacial score (nSPS) is 11.8. The molecule has 0 spiro atoms. The number of nitrogens with zero attached hydrogens (tertiary/aromatic N) is 1. The van der Waals surface area contributed by atoms with E-state index in [0.717, 1.165) is 22.1 Å². The number of ether oxygens (including phenoxy) is 2. The molecule has 6 nitrogen and oxygen atoms in total. The number of carbonyl (C=O) groups is 2. The van der Waals surface area contributed by atoms with Crippen molar-refractivity contribution in [3.8, 4) is 11.5 Å². The second-order valence-corrected chi connectivity index (χ2v) is 8.22. The van der Waals surface area contributed by atoms with Crippen LogP contribution >= 0.6 is 0 Å². The molecule has 0 aliphatic rings. The van der Waals surface area contributed by atoms with Gasteiger partial charge in [-0.2, -0.15) is 0 Å². The number of benzene rings is 3. The molecule has 0 aliphatic heterocycles. The highest BCUT2D eigenvalue weighted by atomic mass is 16.5. The second-order valence-electron chi connectivity index (χ2n) is 8.22. The van der Waals surface area contributed by atoms with Gasteiger partial charge in [-0.05, 0) is 49.4 Å². The molecule has 3 rings (SSSR count). The van der Waals surface area contributed by atoms with Crippen molar-refractivity contribution in [1.29, 1.82) is 0 Å². The second kappa shape index (κ2) is 11.4. The molecule has 0 saturated carbocycles. The zero-order chi connectivity index (χ0) is 23.8. The Bertz CT molecular complexity index is 1070. The first-order valence-corrected chi connectivity index (χ1v) is 11.3. The van der Waals surface area contributed by atoms with Crippen LogP contribution in [0.3, 0.4) is 0 Å². The first kappa shape index (κ1) is 24.1. The molecule has 0 radical (unpaired) electrons. The number of rotatable bonds is 10. The summed E-state index contributed by atoms with van der Waals surface area (Å²) in [6, 6.07) is 20.5. The molecular formula is C27H32N2O4. The smallest absolute Gasteiger partial charge is 0.261 e. The highest BCUT2D eigenvalue weighted by molar-refractivity contribution is 5.90. The molecule has 1 N–H and O–H groups in total. The maximum Gasteiger partial charge on any atom is 0.261 e. The van der Waals surface area contributed by atoms with Crippen LogP contribution in [0.15, 0.2) is 66.7 Å². The van der Waals surface area contributed by atoms with Crippen molar-refractivity contribution in [3.63, 3.8) is 0 Å². The van der Waals surface area contributed by atoms with E-state index in [1.54, 1.807) is 12.0 Å². The van der Waals surface area contributed by atoms with Crippen LogP contribution in [0.25, 0.3) is 10.8 Å². The lowest BCUT2D eigenvalue weighted by Crippen LogP contribution is -2.51. The lowest BCUT2D eigenvalue weighted by molar-refractivity contribution is -0.143. The van der Waals surface area contributed by atoms with Crippen molar-refractivity contribution < 1.29 is 19.1 Å². The Labute approximate surface area is 195 Å². The fourth-order valence-corrected chi connectivity index (χ4v) is 3.77. The minimum Gasteiger partial charge on any atom is -0.497 e. The fraction of sp³-hybridized carbons (Fsp3) is 0.333. The third kappa shape index (κ3) is 6.25. The van der Waals surface area contributed by atoms with E-state index in [4.69, 9.17) is 9.47 Å². The standard InChI is InChI=1S/C27H32N2O4/c1-5-24(27(31)28-19(2)3)29(17-20-13-15-22(32-4)16-14-20)26(30)18-33-25-12-8-10-21-9-6-7-11-23(21)25/h6-16,19,24H,5,17-18H2,1-4H3,(H,28,31)/t24-/m0/s1. The summed E-state index contributed by atoms with van der Waals surface area (Å²) in [4.78, 5) is 27.9. The maximum atomic E-state index is 13.4. The number of methoxy groups -OCH3 is 1. The molecule has 3 aromatic rings. The first-order valence-electron chi connectivity index (χ1n) is 11.3. The van der Waals surface area contributed by atoms with E-state index >= 15 is 0 Å². The van der Waals surface area contributed by atoms with Crippen molar-refractivity contribution in [3.05, 3.63) is 72.3 Å². The van der Waals surface area contributed by atoms with Gasteiger partial charge in [0, 0.05) is 18.0 Å². The van der Waals surface area contributed by atoms with Gasteiger partial charge < -0.3 is 19.7 Å². The topological polar surface area (TPSA) is 67.9 Å². The van der Waals surface area contributed by atoms with E-state index in [1.165, 1.54) is 0 Å². The fourth-order valence-electron chi connectivity index (χ4n) is 3.77. The largest absolute Gasteiger partial charge is 0.497 e. The predicted molar refractivity (Wildman–Crippen MR) is 130 cm³/mol. The molecule has 0 saturated heterocycles. The van der Waals surface area contributed by atoms with Crippen LogP contribution in [0.1, 0.15) is 32.8 Å². The quantitative estimate of drug-likeness (QED) is 0.494. The van der Waals surface area contributed by atoms with E-state index < -0.39 is 6.04 Å². The van der Waals surface area contributed by atoms with Gasteiger partial charge in [0.15, 0.2) is 6.61 Å². The van der Waals surface area contributed by atoms with Gasteiger partial charge in [0.05, 0.1) is 7.11 Å². The van der Waals surface area contributed by atoms with Gasteiger partial charge in [-0.25, -0.2) is 0 Å². The molecule has 0 aromatic heterocycles. The number of hydrogen-bond acceptors (Lipinski definition) is 4. The lowest BCUT2D eigenvalue weighted by Gasteiger charge is -2.31. The molecule has 0 bridgehead atoms. The van der Waals surface area contributed by atoms with E-state index in [1.807, 2.05) is 87.5 Å². The number of amides is 2. The summed E-state index contributed by atoms with van der Waals surface area (Å²) in [7, 11) is 1.61. The van der Waals surface area contributed by atoms with Gasteiger partial charge in [0.2, 0.25) is 5.91 Å². The lowest BCUT2D eigenvalue weighted by atomic mass is 10.1. The zero-order valence-corrected chi connectivity index (χ0v) is 19.7. The van der Waals surface area contributed by atoms with Crippen molar-refractivity contribution in [1.82, 2.24) is 10.2 Å². The number of fused-ring (bicyclic) bond motifs is 1. The summed E-state index contributed by atoms with van der Waals surface area (Å²) >= 11 is 0. The highest BCUT2D eigenvalue weighted by Gasteiger charge is 2.29. The van der Waals surface area contributed by atoms with Crippen LogP contribution in [0.4, 0.5) is 0 Å². The molecule has 0 aliphatic carbocycles. The Kier molecular flexibility index (Phi) is 8.30. The van der Waals surface area contributed by atoms with E-state index in [2.05, 4.69) is 5.32 Å². The summed E-state index contributed by atoms with van der Waals surface area (Å²) in [5.41, 5.74) is 0.908. The maximum absolute atomic E-state index is 13.4. The number of nitrogens with one attached hydrogen (secondary N) is 1. The summed E-state index contributed by atoms with van der Waals surface area (Å²) in [6.45, 7) is 5.86. The molecule has 2 amide bonds. The molecule has 0 heterocycles. The van der Waals surface area contributed by atoms with Gasteiger partial charge in [-0.15, -0.1) is 0 Å².